The maximum atomic E-state index is 9.88. The van der Waals surface area contributed by atoms with Gasteiger partial charge in [0, 0.05) is 11.1 Å². The quantitative estimate of drug-likeness (QED) is 0.793. The zero-order valence-corrected chi connectivity index (χ0v) is 9.25. The highest BCUT2D eigenvalue weighted by Crippen LogP contribution is 2.31. The van der Waals surface area contributed by atoms with E-state index in [-0.39, 0.29) is 5.75 Å². The molecule has 2 rings (SSSR count). The Morgan fingerprint density at radius 3 is 2.44 bits per heavy atom. The molecule has 0 saturated heterocycles. The summed E-state index contributed by atoms with van der Waals surface area (Å²) in [6, 6.07) is 5.17. The maximum Gasteiger partial charge on any atom is 0.122 e. The van der Waals surface area contributed by atoms with Crippen molar-refractivity contribution in [3.8, 4) is 11.4 Å². The molecule has 0 atom stereocenters. The highest BCUT2D eigenvalue weighted by atomic mass is 16.3. The molecule has 0 radical (unpaired) electrons. The average molecular weight is 218 g/mol. The minimum absolute atomic E-state index is 0.155. The Kier molecular flexibility index (Phi) is 2.40. The molecule has 1 aromatic heterocycles. The van der Waals surface area contributed by atoms with Crippen molar-refractivity contribution in [1.29, 1.82) is 0 Å². The van der Waals surface area contributed by atoms with Crippen LogP contribution < -0.4 is 5.73 Å². The number of hydrogen-bond acceptors (Lipinski definition) is 4. The number of aromatic hydroxyl groups is 1. The monoisotopic (exact) mass is 218 g/mol. The summed E-state index contributed by atoms with van der Waals surface area (Å²) in [5, 5.41) is 18.0. The summed E-state index contributed by atoms with van der Waals surface area (Å²) in [5.74, 6) is 0.155. The predicted octanol–water partition coefficient (Wildman–Crippen LogP) is 1.17. The number of aromatic nitrogens is 3. The van der Waals surface area contributed by atoms with Crippen molar-refractivity contribution < 1.29 is 5.11 Å². The topological polar surface area (TPSA) is 77.0 Å². The van der Waals surface area contributed by atoms with E-state index in [1.165, 1.54) is 4.80 Å². The van der Waals surface area contributed by atoms with Gasteiger partial charge in [-0.3, -0.25) is 0 Å². The van der Waals surface area contributed by atoms with Crippen LogP contribution in [0.2, 0.25) is 0 Å². The Hall–Kier alpha value is -1.88. The van der Waals surface area contributed by atoms with Gasteiger partial charge in [-0.15, -0.1) is 0 Å². The predicted molar refractivity (Wildman–Crippen MR) is 60.2 cm³/mol. The normalized spacial score (nSPS) is 11.7. The highest BCUT2D eigenvalue weighted by Gasteiger charge is 2.23. The van der Waals surface area contributed by atoms with Crippen LogP contribution in [-0.4, -0.2) is 20.1 Å². The van der Waals surface area contributed by atoms with Gasteiger partial charge in [-0.25, -0.2) is 0 Å². The number of nitrogens with zero attached hydrogens (tertiary/aromatic N) is 3. The number of hydrogen-bond donors (Lipinski definition) is 2. The third-order valence-electron chi connectivity index (χ3n) is 2.30. The van der Waals surface area contributed by atoms with Crippen LogP contribution >= 0.6 is 0 Å². The smallest absolute Gasteiger partial charge is 0.122 e. The second-order valence-corrected chi connectivity index (χ2v) is 4.21. The third-order valence-corrected chi connectivity index (χ3v) is 2.30. The van der Waals surface area contributed by atoms with E-state index in [9.17, 15) is 5.11 Å². The zero-order chi connectivity index (χ0) is 11.8. The number of benzene rings is 1. The maximum absolute atomic E-state index is 9.88. The van der Waals surface area contributed by atoms with Gasteiger partial charge in [0.15, 0.2) is 0 Å². The highest BCUT2D eigenvalue weighted by molar-refractivity contribution is 5.51. The third kappa shape index (κ3) is 1.77. The summed E-state index contributed by atoms with van der Waals surface area (Å²) >= 11 is 0. The fourth-order valence-electron chi connectivity index (χ4n) is 1.70. The van der Waals surface area contributed by atoms with Crippen molar-refractivity contribution in [1.82, 2.24) is 15.0 Å². The van der Waals surface area contributed by atoms with Crippen LogP contribution in [0.25, 0.3) is 5.69 Å². The lowest BCUT2D eigenvalue weighted by atomic mass is 9.93. The molecule has 2 aromatic rings. The molecule has 3 N–H and O–H groups in total. The van der Waals surface area contributed by atoms with Gasteiger partial charge in [0.05, 0.1) is 18.1 Å². The second kappa shape index (κ2) is 3.61. The number of phenolic OH excluding ortho intramolecular Hbond substituents is 1. The standard InChI is InChI=1S/C11H14N4O/c1-11(2,12)10-8(4-3-5-9(10)16)15-13-6-7-14-15/h3-7,16H,12H2,1-2H3. The first-order valence-corrected chi connectivity index (χ1v) is 4.98. The van der Waals surface area contributed by atoms with Gasteiger partial charge in [-0.2, -0.15) is 15.0 Å². The Morgan fingerprint density at radius 1 is 1.25 bits per heavy atom. The summed E-state index contributed by atoms with van der Waals surface area (Å²) in [7, 11) is 0. The van der Waals surface area contributed by atoms with Gasteiger partial charge in [-0.1, -0.05) is 6.07 Å². The summed E-state index contributed by atoms with van der Waals surface area (Å²) in [6.07, 6.45) is 3.16. The summed E-state index contributed by atoms with van der Waals surface area (Å²) in [4.78, 5) is 1.45. The van der Waals surface area contributed by atoms with E-state index in [1.807, 2.05) is 19.9 Å². The van der Waals surface area contributed by atoms with Crippen molar-refractivity contribution in [2.75, 3.05) is 0 Å². The van der Waals surface area contributed by atoms with Gasteiger partial charge in [0.1, 0.15) is 5.75 Å². The van der Waals surface area contributed by atoms with E-state index in [4.69, 9.17) is 5.73 Å². The molecule has 16 heavy (non-hydrogen) atoms. The molecule has 0 saturated carbocycles. The van der Waals surface area contributed by atoms with E-state index in [0.29, 0.717) is 11.3 Å². The fraction of sp³-hybridized carbons (Fsp3) is 0.273. The molecule has 0 amide bonds. The van der Waals surface area contributed by atoms with E-state index < -0.39 is 5.54 Å². The first kappa shape index (κ1) is 10.6. The molecule has 0 fully saturated rings. The van der Waals surface area contributed by atoms with Crippen LogP contribution in [0.1, 0.15) is 19.4 Å². The first-order valence-electron chi connectivity index (χ1n) is 4.98. The Morgan fingerprint density at radius 2 is 1.88 bits per heavy atom. The Balaban J connectivity index is 2.67. The number of nitrogens with two attached hydrogens (primary N) is 1. The molecule has 0 aliphatic rings. The summed E-state index contributed by atoms with van der Waals surface area (Å²) in [6.45, 7) is 3.66. The first-order chi connectivity index (χ1) is 7.50. The fourth-order valence-corrected chi connectivity index (χ4v) is 1.70. The largest absolute Gasteiger partial charge is 0.508 e. The van der Waals surface area contributed by atoms with E-state index in [0.717, 1.165) is 0 Å². The minimum atomic E-state index is -0.658. The van der Waals surface area contributed by atoms with Gasteiger partial charge < -0.3 is 10.8 Å². The minimum Gasteiger partial charge on any atom is -0.508 e. The van der Waals surface area contributed by atoms with Crippen LogP contribution in [0.5, 0.6) is 5.75 Å². The van der Waals surface area contributed by atoms with Crippen molar-refractivity contribution in [2.45, 2.75) is 19.4 Å². The molecule has 5 nitrogen and oxygen atoms in total. The van der Waals surface area contributed by atoms with Crippen LogP contribution in [0.4, 0.5) is 0 Å². The van der Waals surface area contributed by atoms with Crippen LogP contribution in [-0.2, 0) is 5.54 Å². The SMILES string of the molecule is CC(C)(N)c1c(O)cccc1-n1nccn1. The summed E-state index contributed by atoms with van der Waals surface area (Å²) in [5.41, 5.74) is 6.70. The van der Waals surface area contributed by atoms with Gasteiger partial charge >= 0.3 is 0 Å². The van der Waals surface area contributed by atoms with Crippen molar-refractivity contribution in [3.05, 3.63) is 36.2 Å². The van der Waals surface area contributed by atoms with Gasteiger partial charge in [0.2, 0.25) is 0 Å². The van der Waals surface area contributed by atoms with Crippen molar-refractivity contribution >= 4 is 0 Å². The molecule has 1 heterocycles. The summed E-state index contributed by atoms with van der Waals surface area (Å²) < 4.78 is 0. The average Bonchev–Trinajstić information content (AvgIpc) is 2.67. The Labute approximate surface area is 93.5 Å². The van der Waals surface area contributed by atoms with Gasteiger partial charge in [-0.05, 0) is 26.0 Å². The van der Waals surface area contributed by atoms with Crippen molar-refractivity contribution in [2.24, 2.45) is 5.73 Å². The van der Waals surface area contributed by atoms with Crippen LogP contribution in [0.15, 0.2) is 30.6 Å². The molecule has 84 valence electrons. The molecule has 0 aliphatic heterocycles. The van der Waals surface area contributed by atoms with E-state index in [2.05, 4.69) is 10.2 Å². The molecule has 0 unspecified atom stereocenters. The van der Waals surface area contributed by atoms with Crippen LogP contribution in [0.3, 0.4) is 0 Å². The lowest BCUT2D eigenvalue weighted by molar-refractivity contribution is 0.437. The van der Waals surface area contributed by atoms with E-state index >= 15 is 0 Å². The molecule has 0 bridgehead atoms. The zero-order valence-electron chi connectivity index (χ0n) is 9.25. The van der Waals surface area contributed by atoms with Crippen LogP contribution in [0, 0.1) is 0 Å². The Bertz CT molecular complexity index is 485. The molecule has 5 heteroatoms. The second-order valence-electron chi connectivity index (χ2n) is 4.21. The number of rotatable bonds is 2. The molecular formula is C11H14N4O. The number of phenols is 1. The van der Waals surface area contributed by atoms with E-state index in [1.54, 1.807) is 24.5 Å². The molecule has 1 aromatic carbocycles. The lowest BCUT2D eigenvalue weighted by Gasteiger charge is -2.23. The van der Waals surface area contributed by atoms with Crippen molar-refractivity contribution in [3.63, 3.8) is 0 Å². The molecule has 0 aliphatic carbocycles. The molecular weight excluding hydrogens is 204 g/mol. The lowest BCUT2D eigenvalue weighted by Crippen LogP contribution is -2.30. The molecule has 0 spiro atoms. The van der Waals surface area contributed by atoms with Gasteiger partial charge in [0.25, 0.3) is 0 Å².